The summed E-state index contributed by atoms with van der Waals surface area (Å²) in [5.74, 6) is -0.548. The molecule has 8 heteroatoms. The fraction of sp³-hybridized carbons (Fsp3) is 0.333. The van der Waals surface area contributed by atoms with E-state index in [2.05, 4.69) is 10.6 Å². The Morgan fingerprint density at radius 2 is 1.72 bits per heavy atom. The molecule has 0 spiro atoms. The van der Waals surface area contributed by atoms with Crippen LogP contribution >= 0.6 is 0 Å². The van der Waals surface area contributed by atoms with E-state index in [0.717, 1.165) is 18.4 Å². The van der Waals surface area contributed by atoms with Crippen molar-refractivity contribution in [1.82, 2.24) is 9.62 Å². The number of nitrogens with zero attached hydrogens (tertiary/aromatic N) is 1. The van der Waals surface area contributed by atoms with E-state index in [1.165, 1.54) is 23.4 Å². The van der Waals surface area contributed by atoms with Crippen molar-refractivity contribution in [3.05, 3.63) is 60.2 Å². The number of carbonyl (C=O) groups is 2. The topological polar surface area (TPSA) is 95.6 Å². The summed E-state index contributed by atoms with van der Waals surface area (Å²) in [7, 11) is -3.55. The van der Waals surface area contributed by atoms with Gasteiger partial charge in [0, 0.05) is 25.7 Å². The van der Waals surface area contributed by atoms with Crippen LogP contribution in [0.4, 0.5) is 5.69 Å². The summed E-state index contributed by atoms with van der Waals surface area (Å²) >= 11 is 0. The average Bonchev–Trinajstić information content (AvgIpc) is 3.24. The minimum Gasteiger partial charge on any atom is -0.349 e. The van der Waals surface area contributed by atoms with Crippen LogP contribution in [-0.2, 0) is 19.6 Å². The van der Waals surface area contributed by atoms with Crippen LogP contribution < -0.4 is 10.6 Å². The summed E-state index contributed by atoms with van der Waals surface area (Å²) in [4.78, 5) is 24.3. The van der Waals surface area contributed by atoms with Gasteiger partial charge in [-0.25, -0.2) is 8.42 Å². The van der Waals surface area contributed by atoms with Crippen LogP contribution in [-0.4, -0.2) is 37.6 Å². The van der Waals surface area contributed by atoms with Gasteiger partial charge in [0.05, 0.1) is 17.4 Å². The second-order valence-electron chi connectivity index (χ2n) is 7.06. The van der Waals surface area contributed by atoms with E-state index in [0.29, 0.717) is 18.8 Å². The molecule has 1 atom stereocenters. The van der Waals surface area contributed by atoms with Crippen molar-refractivity contribution in [3.8, 4) is 0 Å². The molecule has 1 aliphatic rings. The third kappa shape index (κ3) is 5.42. The molecule has 2 amide bonds. The molecule has 1 heterocycles. The minimum atomic E-state index is -3.55. The molecule has 1 aliphatic heterocycles. The normalized spacial score (nSPS) is 15.6. The summed E-state index contributed by atoms with van der Waals surface area (Å²) in [5.41, 5.74) is 1.23. The van der Waals surface area contributed by atoms with Crippen LogP contribution in [0.5, 0.6) is 0 Å². The van der Waals surface area contributed by atoms with E-state index < -0.39 is 16.1 Å². The lowest BCUT2D eigenvalue weighted by Gasteiger charge is -2.19. The van der Waals surface area contributed by atoms with E-state index in [9.17, 15) is 18.0 Å². The maximum absolute atomic E-state index is 12.7. The van der Waals surface area contributed by atoms with Crippen LogP contribution in [0.1, 0.15) is 37.8 Å². The quantitative estimate of drug-likeness (QED) is 0.727. The number of hydrogen-bond donors (Lipinski definition) is 2. The molecule has 154 valence electrons. The summed E-state index contributed by atoms with van der Waals surface area (Å²) < 4.78 is 26.9. The van der Waals surface area contributed by atoms with Gasteiger partial charge < -0.3 is 10.6 Å². The first-order valence-electron chi connectivity index (χ1n) is 9.58. The highest BCUT2D eigenvalue weighted by Crippen LogP contribution is 2.24. The number of nitrogens with one attached hydrogen (secondary N) is 2. The zero-order valence-electron chi connectivity index (χ0n) is 16.3. The molecule has 2 N–H and O–H groups in total. The molecule has 0 unspecified atom stereocenters. The van der Waals surface area contributed by atoms with Gasteiger partial charge in [0.15, 0.2) is 0 Å². The van der Waals surface area contributed by atoms with Crippen LogP contribution in [0.3, 0.4) is 0 Å². The monoisotopic (exact) mass is 415 g/mol. The highest BCUT2D eigenvalue weighted by atomic mass is 32.2. The number of sulfonamides is 1. The molecule has 1 saturated heterocycles. The Kier molecular flexibility index (Phi) is 6.66. The first-order chi connectivity index (χ1) is 13.9. The van der Waals surface area contributed by atoms with Gasteiger partial charge in [-0.1, -0.05) is 36.4 Å². The van der Waals surface area contributed by atoms with E-state index >= 15 is 0 Å². The maximum Gasteiger partial charge on any atom is 0.243 e. The third-order valence-electron chi connectivity index (χ3n) is 4.79. The van der Waals surface area contributed by atoms with E-state index in [-0.39, 0.29) is 23.1 Å². The van der Waals surface area contributed by atoms with Gasteiger partial charge in [-0.3, -0.25) is 9.59 Å². The third-order valence-corrected chi connectivity index (χ3v) is 6.68. The van der Waals surface area contributed by atoms with Crippen LogP contribution in [0.15, 0.2) is 59.5 Å². The smallest absolute Gasteiger partial charge is 0.243 e. The number of rotatable bonds is 7. The second kappa shape index (κ2) is 9.19. The standard InChI is InChI=1S/C21H25N3O4S/c1-16(25)22-20(17-8-3-2-4-9-17)15-21(26)23-18-10-7-11-19(14-18)29(27,28)24-12-5-6-13-24/h2-4,7-11,14,20H,5-6,12-13,15H2,1H3,(H,22,25)(H,23,26)/t20-/m0/s1. The molecule has 0 aliphatic carbocycles. The lowest BCUT2D eigenvalue weighted by atomic mass is 10.0. The fourth-order valence-corrected chi connectivity index (χ4v) is 4.96. The predicted molar refractivity (Wildman–Crippen MR) is 111 cm³/mol. The van der Waals surface area contributed by atoms with Gasteiger partial charge in [0.1, 0.15) is 0 Å². The highest BCUT2D eigenvalue weighted by molar-refractivity contribution is 7.89. The first-order valence-corrected chi connectivity index (χ1v) is 11.0. The summed E-state index contributed by atoms with van der Waals surface area (Å²) in [5, 5.41) is 5.53. The van der Waals surface area contributed by atoms with Gasteiger partial charge in [0.2, 0.25) is 21.8 Å². The van der Waals surface area contributed by atoms with Crippen molar-refractivity contribution in [2.45, 2.75) is 37.1 Å². The number of benzene rings is 2. The zero-order chi connectivity index (χ0) is 20.9. The molecule has 0 bridgehead atoms. The molecular formula is C21H25N3O4S. The van der Waals surface area contributed by atoms with Gasteiger partial charge in [-0.15, -0.1) is 0 Å². The van der Waals surface area contributed by atoms with Crippen molar-refractivity contribution in [2.75, 3.05) is 18.4 Å². The number of anilines is 1. The van der Waals surface area contributed by atoms with Crippen molar-refractivity contribution in [3.63, 3.8) is 0 Å². The van der Waals surface area contributed by atoms with E-state index in [4.69, 9.17) is 0 Å². The van der Waals surface area contributed by atoms with Crippen molar-refractivity contribution in [2.24, 2.45) is 0 Å². The number of amides is 2. The Morgan fingerprint density at radius 1 is 1.03 bits per heavy atom. The van der Waals surface area contributed by atoms with Crippen LogP contribution in [0.25, 0.3) is 0 Å². The molecule has 2 aromatic rings. The van der Waals surface area contributed by atoms with Crippen molar-refractivity contribution < 1.29 is 18.0 Å². The van der Waals surface area contributed by atoms with Crippen molar-refractivity contribution >= 4 is 27.5 Å². The SMILES string of the molecule is CC(=O)N[C@@H](CC(=O)Nc1cccc(S(=O)(=O)N2CCCC2)c1)c1ccccc1. The van der Waals surface area contributed by atoms with Gasteiger partial charge in [0.25, 0.3) is 0 Å². The zero-order valence-corrected chi connectivity index (χ0v) is 17.1. The minimum absolute atomic E-state index is 0.0344. The molecule has 29 heavy (non-hydrogen) atoms. The summed E-state index contributed by atoms with van der Waals surface area (Å²) in [6.45, 7) is 2.45. The van der Waals surface area contributed by atoms with Crippen LogP contribution in [0, 0.1) is 0 Å². The Hall–Kier alpha value is -2.71. The van der Waals surface area contributed by atoms with Crippen molar-refractivity contribution in [1.29, 1.82) is 0 Å². The molecule has 1 fully saturated rings. The Bertz CT molecular complexity index is 970. The Balaban J connectivity index is 1.72. The lowest BCUT2D eigenvalue weighted by molar-refractivity contribution is -0.120. The second-order valence-corrected chi connectivity index (χ2v) is 8.99. The summed E-state index contributed by atoms with van der Waals surface area (Å²) in [6.07, 6.45) is 1.76. The molecule has 0 saturated carbocycles. The summed E-state index contributed by atoms with van der Waals surface area (Å²) in [6, 6.07) is 15.0. The molecular weight excluding hydrogens is 390 g/mol. The molecule has 7 nitrogen and oxygen atoms in total. The molecule has 0 radical (unpaired) electrons. The van der Waals surface area contributed by atoms with E-state index in [1.807, 2.05) is 30.3 Å². The average molecular weight is 416 g/mol. The Labute approximate surface area is 171 Å². The lowest BCUT2D eigenvalue weighted by Crippen LogP contribution is -2.30. The highest BCUT2D eigenvalue weighted by Gasteiger charge is 2.27. The van der Waals surface area contributed by atoms with Gasteiger partial charge in [-0.2, -0.15) is 4.31 Å². The Morgan fingerprint density at radius 3 is 2.38 bits per heavy atom. The van der Waals surface area contributed by atoms with Gasteiger partial charge >= 0.3 is 0 Å². The van der Waals surface area contributed by atoms with E-state index in [1.54, 1.807) is 12.1 Å². The maximum atomic E-state index is 12.7. The molecule has 2 aromatic carbocycles. The molecule has 3 rings (SSSR count). The largest absolute Gasteiger partial charge is 0.349 e. The molecule has 0 aromatic heterocycles. The van der Waals surface area contributed by atoms with Gasteiger partial charge in [-0.05, 0) is 36.6 Å². The number of carbonyl (C=O) groups excluding carboxylic acids is 2. The first kappa shape index (κ1) is 21.0. The van der Waals surface area contributed by atoms with Crippen LogP contribution in [0.2, 0.25) is 0 Å². The number of hydrogen-bond acceptors (Lipinski definition) is 4. The fourth-order valence-electron chi connectivity index (χ4n) is 3.39. The predicted octanol–water partition coefficient (Wildman–Crippen LogP) is 2.68.